The number of nitro groups is 1. The van der Waals surface area contributed by atoms with E-state index in [-0.39, 0.29) is 23.2 Å². The minimum Gasteiger partial charge on any atom is -0.368 e. The lowest BCUT2D eigenvalue weighted by molar-refractivity contribution is -0.384. The second kappa shape index (κ2) is 5.45. The molecule has 3 rings (SSSR count). The Morgan fingerprint density at radius 1 is 1.25 bits per heavy atom. The van der Waals surface area contributed by atoms with Crippen molar-refractivity contribution in [3.8, 4) is 11.4 Å². The van der Waals surface area contributed by atoms with E-state index in [0.717, 1.165) is 10.8 Å². The molecule has 24 heavy (non-hydrogen) atoms. The van der Waals surface area contributed by atoms with Crippen molar-refractivity contribution in [3.05, 3.63) is 32.8 Å². The predicted octanol–water partition coefficient (Wildman–Crippen LogP) is 0.843. The van der Waals surface area contributed by atoms with E-state index in [9.17, 15) is 18.5 Å². The molecule has 11 nitrogen and oxygen atoms in total. The SMILES string of the molecule is CS(=O)(=O)c1nc(N)n2nc(-c3cc(Br)cc([N+](=O)[O-])c3)nc2n1. The molecule has 0 unspecified atom stereocenters. The van der Waals surface area contributed by atoms with Gasteiger partial charge in [-0.15, -0.1) is 5.10 Å². The van der Waals surface area contributed by atoms with E-state index in [1.165, 1.54) is 12.1 Å². The number of sulfone groups is 1. The molecule has 0 atom stereocenters. The Morgan fingerprint density at radius 3 is 2.58 bits per heavy atom. The summed E-state index contributed by atoms with van der Waals surface area (Å²) in [5, 5.41) is 14.5. The number of anilines is 1. The van der Waals surface area contributed by atoms with Crippen LogP contribution in [0.2, 0.25) is 0 Å². The normalized spacial score (nSPS) is 11.8. The average Bonchev–Trinajstić information content (AvgIpc) is 2.90. The van der Waals surface area contributed by atoms with Crippen LogP contribution in [0.4, 0.5) is 11.6 Å². The summed E-state index contributed by atoms with van der Waals surface area (Å²) in [4.78, 5) is 21.9. The fourth-order valence-electron chi connectivity index (χ4n) is 1.88. The molecule has 13 heteroatoms. The Bertz CT molecular complexity index is 1100. The van der Waals surface area contributed by atoms with Crippen molar-refractivity contribution in [1.82, 2.24) is 24.6 Å². The van der Waals surface area contributed by atoms with E-state index in [0.29, 0.717) is 10.0 Å². The maximum absolute atomic E-state index is 11.6. The quantitative estimate of drug-likeness (QED) is 0.484. The smallest absolute Gasteiger partial charge is 0.271 e. The number of rotatable bonds is 3. The van der Waals surface area contributed by atoms with Crippen molar-refractivity contribution in [2.24, 2.45) is 0 Å². The number of fused-ring (bicyclic) bond motifs is 1. The minimum atomic E-state index is -3.68. The molecule has 1 aromatic carbocycles. The molecule has 0 fully saturated rings. The van der Waals surface area contributed by atoms with Crippen LogP contribution in [0.3, 0.4) is 0 Å². The van der Waals surface area contributed by atoms with Gasteiger partial charge in [0.05, 0.1) is 4.92 Å². The Kier molecular flexibility index (Phi) is 3.68. The Hall–Kier alpha value is -2.67. The lowest BCUT2D eigenvalue weighted by Crippen LogP contribution is -2.11. The number of non-ortho nitro benzene ring substituents is 1. The van der Waals surface area contributed by atoms with Gasteiger partial charge < -0.3 is 5.73 Å². The fourth-order valence-corrected chi connectivity index (χ4v) is 2.87. The number of nitrogen functional groups attached to an aromatic ring is 1. The van der Waals surface area contributed by atoms with Gasteiger partial charge in [0.2, 0.25) is 15.8 Å². The van der Waals surface area contributed by atoms with Crippen molar-refractivity contribution in [2.75, 3.05) is 12.0 Å². The van der Waals surface area contributed by atoms with Gasteiger partial charge in [0, 0.05) is 28.4 Å². The highest BCUT2D eigenvalue weighted by Crippen LogP contribution is 2.27. The molecule has 0 spiro atoms. The van der Waals surface area contributed by atoms with Gasteiger partial charge in [-0.1, -0.05) is 15.9 Å². The molecule has 2 N–H and O–H groups in total. The molecular weight excluding hydrogens is 406 g/mol. The third-order valence-electron chi connectivity index (χ3n) is 2.90. The van der Waals surface area contributed by atoms with Crippen LogP contribution in [-0.4, -0.2) is 44.2 Å². The molecule has 0 aliphatic rings. The number of aromatic nitrogens is 5. The first kappa shape index (κ1) is 16.2. The first-order valence-corrected chi connectivity index (χ1v) is 8.89. The molecular formula is C11H8BrN7O4S. The topological polar surface area (TPSA) is 159 Å². The van der Waals surface area contributed by atoms with Crippen molar-refractivity contribution in [2.45, 2.75) is 5.16 Å². The molecule has 0 aliphatic heterocycles. The number of hydrogen-bond acceptors (Lipinski definition) is 9. The second-order valence-corrected chi connectivity index (χ2v) is 7.56. The Balaban J connectivity index is 2.22. The van der Waals surface area contributed by atoms with E-state index in [1.807, 2.05) is 0 Å². The summed E-state index contributed by atoms with van der Waals surface area (Å²) >= 11 is 3.18. The first-order valence-electron chi connectivity index (χ1n) is 6.21. The monoisotopic (exact) mass is 413 g/mol. The Morgan fingerprint density at radius 2 is 1.96 bits per heavy atom. The number of nitrogens with zero attached hydrogens (tertiary/aromatic N) is 6. The summed E-state index contributed by atoms with van der Waals surface area (Å²) in [7, 11) is -3.68. The van der Waals surface area contributed by atoms with Crippen molar-refractivity contribution in [3.63, 3.8) is 0 Å². The Labute approximate surface area is 142 Å². The number of nitrogens with two attached hydrogens (primary N) is 1. The zero-order valence-corrected chi connectivity index (χ0v) is 14.3. The van der Waals surface area contributed by atoms with Gasteiger partial charge in [-0.05, 0) is 6.07 Å². The van der Waals surface area contributed by atoms with Crippen LogP contribution in [0.1, 0.15) is 0 Å². The third-order valence-corrected chi connectivity index (χ3v) is 4.20. The molecule has 0 amide bonds. The van der Waals surface area contributed by atoms with E-state index < -0.39 is 19.9 Å². The number of nitro benzene ring substituents is 1. The highest BCUT2D eigenvalue weighted by atomic mass is 79.9. The summed E-state index contributed by atoms with van der Waals surface area (Å²) in [6.07, 6.45) is 0.938. The van der Waals surface area contributed by atoms with Gasteiger partial charge in [0.1, 0.15) is 0 Å². The van der Waals surface area contributed by atoms with E-state index in [4.69, 9.17) is 5.73 Å². The van der Waals surface area contributed by atoms with Crippen molar-refractivity contribution >= 4 is 43.2 Å². The highest BCUT2D eigenvalue weighted by molar-refractivity contribution is 9.10. The average molecular weight is 414 g/mol. The molecule has 2 aromatic heterocycles. The summed E-state index contributed by atoms with van der Waals surface area (Å²) in [6.45, 7) is 0. The van der Waals surface area contributed by atoms with Crippen LogP contribution >= 0.6 is 15.9 Å². The van der Waals surface area contributed by atoms with Crippen LogP contribution < -0.4 is 5.73 Å². The summed E-state index contributed by atoms with van der Waals surface area (Å²) in [6, 6.07) is 4.18. The molecule has 124 valence electrons. The van der Waals surface area contributed by atoms with E-state index >= 15 is 0 Å². The molecule has 0 saturated carbocycles. The van der Waals surface area contributed by atoms with Crippen LogP contribution in [-0.2, 0) is 9.84 Å². The lowest BCUT2D eigenvalue weighted by Gasteiger charge is -1.99. The molecule has 0 radical (unpaired) electrons. The van der Waals surface area contributed by atoms with Crippen LogP contribution in [0.15, 0.2) is 27.8 Å². The largest absolute Gasteiger partial charge is 0.368 e. The number of benzene rings is 1. The zero-order chi connectivity index (χ0) is 17.6. The maximum Gasteiger partial charge on any atom is 0.271 e. The zero-order valence-electron chi connectivity index (χ0n) is 11.9. The molecule has 0 aliphatic carbocycles. The van der Waals surface area contributed by atoms with E-state index in [2.05, 4.69) is 36.0 Å². The molecule has 0 bridgehead atoms. The summed E-state index contributed by atoms with van der Waals surface area (Å²) in [5.74, 6) is -0.213. The van der Waals surface area contributed by atoms with Crippen LogP contribution in [0.5, 0.6) is 0 Å². The third kappa shape index (κ3) is 2.90. The van der Waals surface area contributed by atoms with Gasteiger partial charge in [-0.3, -0.25) is 10.1 Å². The summed E-state index contributed by atoms with van der Waals surface area (Å²) in [5.41, 5.74) is 5.86. The van der Waals surface area contributed by atoms with E-state index in [1.54, 1.807) is 6.07 Å². The maximum atomic E-state index is 11.6. The molecule has 2 heterocycles. The number of hydrogen-bond donors (Lipinski definition) is 1. The van der Waals surface area contributed by atoms with Crippen molar-refractivity contribution < 1.29 is 13.3 Å². The molecule has 3 aromatic rings. The highest BCUT2D eigenvalue weighted by Gasteiger charge is 2.19. The predicted molar refractivity (Wildman–Crippen MR) is 85.9 cm³/mol. The fraction of sp³-hybridized carbons (Fsp3) is 0.0909. The second-order valence-electron chi connectivity index (χ2n) is 4.74. The van der Waals surface area contributed by atoms with Gasteiger partial charge >= 0.3 is 0 Å². The van der Waals surface area contributed by atoms with Crippen LogP contribution in [0, 0.1) is 10.1 Å². The van der Waals surface area contributed by atoms with Gasteiger partial charge in [-0.2, -0.15) is 19.5 Å². The molecule has 0 saturated heterocycles. The van der Waals surface area contributed by atoms with Crippen molar-refractivity contribution in [1.29, 1.82) is 0 Å². The standard InChI is InChI=1S/C11H8BrN7O4S/c1-24(22,23)11-15-9(13)18-10(16-11)14-8(17-18)5-2-6(12)4-7(3-5)19(20)21/h2-4H,1H3,(H2,13,14,15,16,17). The lowest BCUT2D eigenvalue weighted by atomic mass is 10.2. The van der Waals surface area contributed by atoms with Gasteiger partial charge in [0.15, 0.2) is 5.82 Å². The number of halogens is 1. The minimum absolute atomic E-state index is 0.0828. The van der Waals surface area contributed by atoms with Gasteiger partial charge in [0.25, 0.3) is 16.6 Å². The first-order chi connectivity index (χ1) is 11.1. The van der Waals surface area contributed by atoms with Gasteiger partial charge in [-0.25, -0.2) is 8.42 Å². The summed E-state index contributed by atoms with van der Waals surface area (Å²) < 4.78 is 24.6. The van der Waals surface area contributed by atoms with Crippen LogP contribution in [0.25, 0.3) is 17.2 Å².